The maximum atomic E-state index is 2.68. The molecule has 3 nitrogen and oxygen atoms in total. The van der Waals surface area contributed by atoms with E-state index >= 15 is 0 Å². The number of likely N-dealkylation sites (tertiary alicyclic amines) is 1. The van der Waals surface area contributed by atoms with E-state index in [2.05, 4.69) is 49.3 Å². The van der Waals surface area contributed by atoms with Crippen molar-refractivity contribution in [2.24, 2.45) is 5.92 Å². The summed E-state index contributed by atoms with van der Waals surface area (Å²) in [7, 11) is 0. The Bertz CT molecular complexity index is 269. The van der Waals surface area contributed by atoms with Gasteiger partial charge in [-0.1, -0.05) is 0 Å². The van der Waals surface area contributed by atoms with Crippen molar-refractivity contribution in [1.82, 2.24) is 14.7 Å². The Hall–Kier alpha value is -0.120. The van der Waals surface area contributed by atoms with Crippen molar-refractivity contribution in [3.8, 4) is 0 Å². The molecule has 2 saturated heterocycles. The average Bonchev–Trinajstić information content (AvgIpc) is 2.71. The molecule has 0 saturated carbocycles. The van der Waals surface area contributed by atoms with Crippen molar-refractivity contribution in [3.05, 3.63) is 0 Å². The second kappa shape index (κ2) is 6.55. The van der Waals surface area contributed by atoms with E-state index in [0.717, 1.165) is 18.0 Å². The fourth-order valence-electron chi connectivity index (χ4n) is 3.73. The molecule has 0 spiro atoms. The summed E-state index contributed by atoms with van der Waals surface area (Å²) in [6.07, 6.45) is 2.79. The van der Waals surface area contributed by atoms with Gasteiger partial charge in [0.15, 0.2) is 0 Å². The van der Waals surface area contributed by atoms with E-state index < -0.39 is 0 Å². The van der Waals surface area contributed by atoms with E-state index in [9.17, 15) is 0 Å². The summed E-state index contributed by atoms with van der Waals surface area (Å²) >= 11 is 0. The summed E-state index contributed by atoms with van der Waals surface area (Å²) in [4.78, 5) is 7.94. The number of nitrogens with zero attached hydrogens (tertiary/aromatic N) is 3. The van der Waals surface area contributed by atoms with Crippen LogP contribution in [0.3, 0.4) is 0 Å². The van der Waals surface area contributed by atoms with Crippen LogP contribution in [0.1, 0.15) is 47.5 Å². The fourth-order valence-corrected chi connectivity index (χ4v) is 3.73. The first-order chi connectivity index (χ1) is 8.97. The monoisotopic (exact) mass is 267 g/mol. The Morgan fingerprint density at radius 1 is 1.00 bits per heavy atom. The molecule has 0 aromatic heterocycles. The zero-order valence-electron chi connectivity index (χ0n) is 13.6. The molecule has 0 N–H and O–H groups in total. The molecule has 112 valence electrons. The quantitative estimate of drug-likeness (QED) is 0.775. The molecule has 2 rings (SSSR count). The lowest BCUT2D eigenvalue weighted by molar-refractivity contribution is 0.118. The zero-order valence-corrected chi connectivity index (χ0v) is 13.6. The van der Waals surface area contributed by atoms with Gasteiger partial charge in [0.25, 0.3) is 0 Å². The van der Waals surface area contributed by atoms with Crippen molar-refractivity contribution >= 4 is 0 Å². The van der Waals surface area contributed by atoms with Gasteiger partial charge in [0, 0.05) is 31.2 Å². The summed E-state index contributed by atoms with van der Waals surface area (Å²) in [5.41, 5.74) is 0. The summed E-state index contributed by atoms with van der Waals surface area (Å²) in [5.74, 6) is 0.925. The first-order valence-electron chi connectivity index (χ1n) is 8.19. The minimum atomic E-state index is 0.683. The van der Waals surface area contributed by atoms with Crippen molar-refractivity contribution < 1.29 is 0 Å². The molecule has 3 heteroatoms. The molecule has 0 bridgehead atoms. The van der Waals surface area contributed by atoms with Gasteiger partial charge in [-0.05, 0) is 66.5 Å². The van der Waals surface area contributed by atoms with Gasteiger partial charge in [-0.25, -0.2) is 0 Å². The third kappa shape index (κ3) is 3.93. The molecule has 0 aliphatic carbocycles. The fraction of sp³-hybridized carbons (Fsp3) is 1.00. The normalized spacial score (nSPS) is 28.9. The molecule has 2 heterocycles. The minimum Gasteiger partial charge on any atom is -0.301 e. The van der Waals surface area contributed by atoms with Crippen molar-refractivity contribution in [3.63, 3.8) is 0 Å². The molecule has 19 heavy (non-hydrogen) atoms. The van der Waals surface area contributed by atoms with Crippen LogP contribution in [0.15, 0.2) is 0 Å². The molecular weight excluding hydrogens is 234 g/mol. The minimum absolute atomic E-state index is 0.683. The van der Waals surface area contributed by atoms with Gasteiger partial charge in [0.1, 0.15) is 0 Å². The highest BCUT2D eigenvalue weighted by Gasteiger charge is 2.31. The van der Waals surface area contributed by atoms with Crippen LogP contribution in [-0.2, 0) is 0 Å². The number of hydrogen-bond acceptors (Lipinski definition) is 3. The van der Waals surface area contributed by atoms with E-state index in [1.807, 2.05) is 0 Å². The van der Waals surface area contributed by atoms with Gasteiger partial charge in [-0.15, -0.1) is 0 Å². The van der Waals surface area contributed by atoms with Gasteiger partial charge in [-0.3, -0.25) is 9.80 Å². The van der Waals surface area contributed by atoms with E-state index in [-0.39, 0.29) is 0 Å². The number of hydrogen-bond donors (Lipinski definition) is 0. The average molecular weight is 267 g/mol. The van der Waals surface area contributed by atoms with E-state index in [1.165, 1.54) is 45.7 Å². The number of piperidine rings is 1. The smallest absolute Gasteiger partial charge is 0.0512 e. The second-order valence-corrected chi connectivity index (χ2v) is 7.21. The highest BCUT2D eigenvalue weighted by molar-refractivity contribution is 4.84. The lowest BCUT2D eigenvalue weighted by Crippen LogP contribution is -2.41. The molecule has 0 aromatic rings. The highest BCUT2D eigenvalue weighted by Crippen LogP contribution is 2.23. The first kappa shape index (κ1) is 15.3. The Morgan fingerprint density at radius 2 is 1.63 bits per heavy atom. The predicted molar refractivity (Wildman–Crippen MR) is 82.3 cm³/mol. The van der Waals surface area contributed by atoms with Crippen LogP contribution in [0.25, 0.3) is 0 Å². The Balaban J connectivity index is 1.75. The largest absolute Gasteiger partial charge is 0.301 e. The second-order valence-electron chi connectivity index (χ2n) is 7.21. The van der Waals surface area contributed by atoms with Crippen LogP contribution < -0.4 is 0 Å². The van der Waals surface area contributed by atoms with Crippen LogP contribution in [0.4, 0.5) is 0 Å². The topological polar surface area (TPSA) is 9.72 Å². The summed E-state index contributed by atoms with van der Waals surface area (Å²) in [6.45, 7) is 18.0. The predicted octanol–water partition coefficient (Wildman–Crippen LogP) is 2.48. The van der Waals surface area contributed by atoms with Gasteiger partial charge in [0.2, 0.25) is 0 Å². The van der Waals surface area contributed by atoms with Gasteiger partial charge < -0.3 is 4.90 Å². The zero-order chi connectivity index (χ0) is 14.0. The number of rotatable bonds is 4. The van der Waals surface area contributed by atoms with Crippen molar-refractivity contribution in [2.45, 2.75) is 65.6 Å². The first-order valence-corrected chi connectivity index (χ1v) is 8.19. The summed E-state index contributed by atoms with van der Waals surface area (Å²) in [6, 6.07) is 2.14. The molecule has 1 unspecified atom stereocenters. The molecule has 0 radical (unpaired) electrons. The molecule has 0 aromatic carbocycles. The van der Waals surface area contributed by atoms with Crippen LogP contribution >= 0.6 is 0 Å². The highest BCUT2D eigenvalue weighted by atomic mass is 15.4. The van der Waals surface area contributed by atoms with Gasteiger partial charge in [0.05, 0.1) is 6.67 Å². The lowest BCUT2D eigenvalue weighted by atomic mass is 9.95. The van der Waals surface area contributed by atoms with Crippen molar-refractivity contribution in [2.75, 3.05) is 32.8 Å². The van der Waals surface area contributed by atoms with Gasteiger partial charge >= 0.3 is 0 Å². The molecule has 2 fully saturated rings. The van der Waals surface area contributed by atoms with E-state index in [4.69, 9.17) is 0 Å². The lowest BCUT2D eigenvalue weighted by Gasteiger charge is -2.36. The Labute approximate surface area is 119 Å². The molecule has 1 atom stereocenters. The van der Waals surface area contributed by atoms with Crippen LogP contribution in [0.5, 0.6) is 0 Å². The van der Waals surface area contributed by atoms with Crippen LogP contribution in [0.2, 0.25) is 0 Å². The third-order valence-electron chi connectivity index (χ3n) is 5.01. The standard InChI is InChI=1S/C16H33N3/c1-13(2)18-8-6-16(7-9-18)11-17-10-15(5)19(12-17)14(3)4/h13-16H,6-12H2,1-5H3. The molecular formula is C16H33N3. The summed E-state index contributed by atoms with van der Waals surface area (Å²) in [5, 5.41) is 0. The SMILES string of the molecule is CC(C)N1CCC(CN2CC(C)N(C(C)C)C2)CC1. The summed E-state index contributed by atoms with van der Waals surface area (Å²) < 4.78 is 0. The van der Waals surface area contributed by atoms with Crippen LogP contribution in [-0.4, -0.2) is 65.7 Å². The van der Waals surface area contributed by atoms with Crippen molar-refractivity contribution in [1.29, 1.82) is 0 Å². The Kier molecular flexibility index (Phi) is 5.27. The maximum absolute atomic E-state index is 2.68. The Morgan fingerprint density at radius 3 is 2.11 bits per heavy atom. The third-order valence-corrected chi connectivity index (χ3v) is 5.01. The van der Waals surface area contributed by atoms with E-state index in [1.54, 1.807) is 0 Å². The van der Waals surface area contributed by atoms with E-state index in [0.29, 0.717) is 6.04 Å². The molecule has 2 aliphatic heterocycles. The van der Waals surface area contributed by atoms with Gasteiger partial charge in [-0.2, -0.15) is 0 Å². The molecule has 0 amide bonds. The van der Waals surface area contributed by atoms with Crippen LogP contribution in [0, 0.1) is 5.92 Å². The maximum Gasteiger partial charge on any atom is 0.0512 e. The molecule has 2 aliphatic rings.